The van der Waals surface area contributed by atoms with E-state index in [2.05, 4.69) is 40.7 Å². The van der Waals surface area contributed by atoms with Crippen molar-refractivity contribution in [3.05, 3.63) is 11.6 Å². The summed E-state index contributed by atoms with van der Waals surface area (Å²) in [6.07, 6.45) is 4.22. The van der Waals surface area contributed by atoms with E-state index in [-0.39, 0.29) is 0 Å². The van der Waals surface area contributed by atoms with E-state index < -0.39 is 0 Å². The lowest BCUT2D eigenvalue weighted by Gasteiger charge is -2.35. The van der Waals surface area contributed by atoms with Crippen LogP contribution >= 0.6 is 0 Å². The Bertz CT molecular complexity index is 484. The van der Waals surface area contributed by atoms with Crippen LogP contribution in [0.15, 0.2) is 11.6 Å². The summed E-state index contributed by atoms with van der Waals surface area (Å²) >= 11 is 0. The van der Waals surface area contributed by atoms with Gasteiger partial charge in [0, 0.05) is 5.41 Å². The van der Waals surface area contributed by atoms with Crippen molar-refractivity contribution >= 4 is 0 Å². The van der Waals surface area contributed by atoms with E-state index in [4.69, 9.17) is 0 Å². The third kappa shape index (κ3) is 0.410. The van der Waals surface area contributed by atoms with Gasteiger partial charge in [-0.3, -0.25) is 0 Å². The molecule has 4 saturated carbocycles. The molecule has 3 spiro atoms. The normalized spacial score (nSPS) is 70.6. The van der Waals surface area contributed by atoms with E-state index >= 15 is 0 Å². The molecule has 0 nitrogen and oxygen atoms in total. The van der Waals surface area contributed by atoms with Crippen LogP contribution in [-0.2, 0) is 0 Å². The monoisotopic (exact) mass is 214 g/mol. The minimum absolute atomic E-state index is 0.708. The zero-order valence-electron chi connectivity index (χ0n) is 11.1. The second-order valence-electron chi connectivity index (χ2n) is 8.18. The zero-order valence-corrected chi connectivity index (χ0v) is 11.1. The lowest BCUT2D eigenvalue weighted by atomic mass is 9.68. The van der Waals surface area contributed by atoms with Crippen LogP contribution in [0.25, 0.3) is 0 Å². The molecule has 5 rings (SSSR count). The molecule has 0 heteroatoms. The molecule has 0 amide bonds. The molecule has 6 atom stereocenters. The summed E-state index contributed by atoms with van der Waals surface area (Å²) < 4.78 is 0. The third-order valence-electron chi connectivity index (χ3n) is 7.76. The molecule has 0 N–H and O–H groups in total. The van der Waals surface area contributed by atoms with E-state index in [1.54, 1.807) is 6.42 Å². The summed E-state index contributed by atoms with van der Waals surface area (Å²) in [5, 5.41) is 0. The zero-order chi connectivity index (χ0) is 11.3. The van der Waals surface area contributed by atoms with Crippen molar-refractivity contribution in [2.75, 3.05) is 0 Å². The van der Waals surface area contributed by atoms with E-state index in [1.165, 1.54) is 0 Å². The fourth-order valence-corrected chi connectivity index (χ4v) is 7.28. The maximum absolute atomic E-state index is 2.66. The van der Waals surface area contributed by atoms with Gasteiger partial charge in [0.1, 0.15) is 0 Å². The average Bonchev–Trinajstić information content (AvgIpc) is 3.03. The Morgan fingerprint density at radius 2 is 1.94 bits per heavy atom. The van der Waals surface area contributed by atoms with Gasteiger partial charge < -0.3 is 0 Å². The van der Waals surface area contributed by atoms with Crippen LogP contribution in [0.3, 0.4) is 0 Å². The molecule has 4 fully saturated rings. The number of hydrogen-bond acceptors (Lipinski definition) is 0. The molecule has 86 valence electrons. The van der Waals surface area contributed by atoms with E-state index in [0.29, 0.717) is 5.41 Å². The van der Waals surface area contributed by atoms with Gasteiger partial charge in [0.05, 0.1) is 0 Å². The van der Waals surface area contributed by atoms with Crippen molar-refractivity contribution in [2.24, 2.45) is 45.3 Å². The Hall–Kier alpha value is -0.260. The Labute approximate surface area is 98.5 Å². The van der Waals surface area contributed by atoms with Crippen LogP contribution in [0.4, 0.5) is 0 Å². The summed E-state index contributed by atoms with van der Waals surface area (Å²) in [5.41, 5.74) is 5.00. The first kappa shape index (κ1) is 8.78. The van der Waals surface area contributed by atoms with Crippen LogP contribution in [0.2, 0.25) is 0 Å². The summed E-state index contributed by atoms with van der Waals surface area (Å²) in [6, 6.07) is 0. The molecule has 0 radical (unpaired) electrons. The molecule has 0 bridgehead atoms. The average molecular weight is 214 g/mol. The van der Waals surface area contributed by atoms with Crippen molar-refractivity contribution < 1.29 is 0 Å². The highest BCUT2D eigenvalue weighted by atomic mass is 15.2. The summed E-state index contributed by atoms with van der Waals surface area (Å²) in [7, 11) is 0. The maximum atomic E-state index is 2.66. The van der Waals surface area contributed by atoms with Crippen LogP contribution in [0.5, 0.6) is 0 Å². The largest absolute Gasteiger partial charge is 0.0732 e. The molecule has 0 saturated heterocycles. The second-order valence-corrected chi connectivity index (χ2v) is 8.18. The van der Waals surface area contributed by atoms with Gasteiger partial charge in [-0.15, -0.1) is 0 Å². The quantitative estimate of drug-likeness (QED) is 0.612. The van der Waals surface area contributed by atoms with Crippen molar-refractivity contribution in [1.29, 1.82) is 0 Å². The minimum atomic E-state index is 0.708. The van der Waals surface area contributed by atoms with Crippen LogP contribution in [0.1, 0.15) is 41.0 Å². The molecule has 16 heavy (non-hydrogen) atoms. The Morgan fingerprint density at radius 3 is 2.50 bits per heavy atom. The molecule has 5 aliphatic rings. The predicted octanol–water partition coefficient (Wildman–Crippen LogP) is 3.88. The van der Waals surface area contributed by atoms with Crippen molar-refractivity contribution in [3.63, 3.8) is 0 Å². The molecule has 0 aromatic heterocycles. The van der Waals surface area contributed by atoms with Gasteiger partial charge in [0.15, 0.2) is 0 Å². The van der Waals surface area contributed by atoms with Gasteiger partial charge in [0.2, 0.25) is 0 Å². The highest BCUT2D eigenvalue weighted by molar-refractivity contribution is 5.76. The van der Waals surface area contributed by atoms with Crippen molar-refractivity contribution in [1.82, 2.24) is 0 Å². The summed E-state index contributed by atoms with van der Waals surface area (Å²) in [5.74, 6) is 3.85. The highest BCUT2D eigenvalue weighted by Gasteiger charge is 3.16. The van der Waals surface area contributed by atoms with Crippen molar-refractivity contribution in [3.8, 4) is 0 Å². The Morgan fingerprint density at radius 1 is 1.25 bits per heavy atom. The smallest absolute Gasteiger partial charge is 0.0169 e. The molecule has 0 aliphatic heterocycles. The van der Waals surface area contributed by atoms with Crippen molar-refractivity contribution in [2.45, 2.75) is 41.0 Å². The predicted molar refractivity (Wildman–Crippen MR) is 64.8 cm³/mol. The fraction of sp³-hybridized carbons (Fsp3) is 0.875. The first-order valence-electron chi connectivity index (χ1n) is 7.16. The molecule has 0 heterocycles. The SMILES string of the molecule is CC(C)C1C2=CC23CC32C3C(C)(C(C)C)C132. The lowest BCUT2D eigenvalue weighted by molar-refractivity contribution is 0.127. The first-order valence-corrected chi connectivity index (χ1v) is 7.16. The first-order chi connectivity index (χ1) is 7.43. The molecular weight excluding hydrogens is 192 g/mol. The standard InChI is InChI=1S/C16H22/c1-8(2)11-10-6-14(10)7-15(14)12-13(5,9(3)4)16(11,12)15/h6,8-9,11-12H,7H2,1-5H3. The molecule has 5 aliphatic carbocycles. The molecule has 0 aromatic carbocycles. The van der Waals surface area contributed by atoms with Crippen LogP contribution in [-0.4, -0.2) is 0 Å². The van der Waals surface area contributed by atoms with Crippen LogP contribution < -0.4 is 0 Å². The fourth-order valence-electron chi connectivity index (χ4n) is 7.28. The topological polar surface area (TPSA) is 0 Å². The molecular formula is C16H22. The Balaban J connectivity index is 1.66. The lowest BCUT2D eigenvalue weighted by Crippen LogP contribution is -2.31. The van der Waals surface area contributed by atoms with Gasteiger partial charge in [-0.25, -0.2) is 0 Å². The molecule has 0 aromatic rings. The second kappa shape index (κ2) is 1.68. The summed E-state index contributed by atoms with van der Waals surface area (Å²) in [6.45, 7) is 12.4. The van der Waals surface area contributed by atoms with E-state index in [0.717, 1.165) is 39.9 Å². The summed E-state index contributed by atoms with van der Waals surface area (Å²) in [4.78, 5) is 0. The van der Waals surface area contributed by atoms with E-state index in [1.807, 2.05) is 5.57 Å². The number of rotatable bonds is 2. The highest BCUT2D eigenvalue weighted by Crippen LogP contribution is 3.20. The van der Waals surface area contributed by atoms with Gasteiger partial charge >= 0.3 is 0 Å². The molecule has 6 unspecified atom stereocenters. The van der Waals surface area contributed by atoms with Gasteiger partial charge in [-0.2, -0.15) is 0 Å². The van der Waals surface area contributed by atoms with Gasteiger partial charge in [-0.1, -0.05) is 46.3 Å². The van der Waals surface area contributed by atoms with E-state index in [9.17, 15) is 0 Å². The minimum Gasteiger partial charge on any atom is -0.0732 e. The number of hydrogen-bond donors (Lipinski definition) is 0. The van der Waals surface area contributed by atoms with Gasteiger partial charge in [0.25, 0.3) is 0 Å². The van der Waals surface area contributed by atoms with Gasteiger partial charge in [-0.05, 0) is 46.3 Å². The Kier molecular flexibility index (Phi) is 0.920. The third-order valence-corrected chi connectivity index (χ3v) is 7.76. The van der Waals surface area contributed by atoms with Crippen LogP contribution in [0, 0.1) is 45.3 Å². The number of allylic oxidation sites excluding steroid dienone is 2. The maximum Gasteiger partial charge on any atom is 0.0169 e.